The zero-order valence-corrected chi connectivity index (χ0v) is 15.3. The fraction of sp³-hybridized carbons (Fsp3) is 0.368. The van der Waals surface area contributed by atoms with E-state index < -0.39 is 6.10 Å². The van der Waals surface area contributed by atoms with Crippen LogP contribution in [0.15, 0.2) is 36.9 Å². The second-order valence-electron chi connectivity index (χ2n) is 6.66. The maximum atomic E-state index is 11.8. The van der Waals surface area contributed by atoms with Gasteiger partial charge < -0.3 is 15.4 Å². The Bertz CT molecular complexity index is 970. The molecule has 8 heteroatoms. The summed E-state index contributed by atoms with van der Waals surface area (Å²) in [5.74, 6) is 0.582. The third-order valence-corrected chi connectivity index (χ3v) is 4.75. The number of nitrogens with one attached hydrogen (secondary N) is 2. The van der Waals surface area contributed by atoms with Gasteiger partial charge in [-0.25, -0.2) is 15.0 Å². The average molecular weight is 366 g/mol. The number of likely N-dealkylation sites (N-methyl/N-ethyl adjacent to an activating group) is 1. The van der Waals surface area contributed by atoms with Crippen molar-refractivity contribution in [2.75, 3.05) is 12.4 Å². The van der Waals surface area contributed by atoms with Crippen molar-refractivity contribution in [1.29, 1.82) is 0 Å². The zero-order chi connectivity index (χ0) is 18.8. The van der Waals surface area contributed by atoms with Crippen LogP contribution in [0.4, 0.5) is 5.82 Å². The molecule has 1 fully saturated rings. The number of ether oxygens (including phenoxy) is 1. The van der Waals surface area contributed by atoms with E-state index in [9.17, 15) is 4.79 Å². The SMILES string of the molecule is CNC(=O)[C@@H]1CCC(n2cnc3c(NCc4cccc(C)c4)ncnc32)O1. The highest BCUT2D eigenvalue weighted by Crippen LogP contribution is 2.31. The molecule has 140 valence electrons. The monoisotopic (exact) mass is 366 g/mol. The quantitative estimate of drug-likeness (QED) is 0.719. The Labute approximate surface area is 157 Å². The Kier molecular flexibility index (Phi) is 4.72. The van der Waals surface area contributed by atoms with E-state index >= 15 is 0 Å². The fourth-order valence-electron chi connectivity index (χ4n) is 3.38. The molecule has 1 unspecified atom stereocenters. The molecule has 0 bridgehead atoms. The van der Waals surface area contributed by atoms with Crippen LogP contribution in [-0.2, 0) is 16.1 Å². The summed E-state index contributed by atoms with van der Waals surface area (Å²) < 4.78 is 7.75. The first-order valence-electron chi connectivity index (χ1n) is 8.99. The molecule has 1 aliphatic rings. The molecule has 3 aromatic rings. The standard InChI is InChI=1S/C19H22N6O2/c1-12-4-3-5-13(8-12)9-21-17-16-18(23-10-22-17)25(11-24-16)15-7-6-14(27-15)19(26)20-2/h3-5,8,10-11,14-15H,6-7,9H2,1-2H3,(H,20,26)(H,21,22,23)/t14-,15?/m0/s1. The molecule has 27 heavy (non-hydrogen) atoms. The highest BCUT2D eigenvalue weighted by molar-refractivity contribution is 5.83. The number of hydrogen-bond acceptors (Lipinski definition) is 6. The minimum Gasteiger partial charge on any atom is -0.364 e. The zero-order valence-electron chi connectivity index (χ0n) is 15.3. The van der Waals surface area contributed by atoms with Crippen molar-refractivity contribution in [3.63, 3.8) is 0 Å². The third-order valence-electron chi connectivity index (χ3n) is 4.75. The molecule has 2 aromatic heterocycles. The summed E-state index contributed by atoms with van der Waals surface area (Å²) >= 11 is 0. The van der Waals surface area contributed by atoms with Crippen LogP contribution in [0.5, 0.6) is 0 Å². The van der Waals surface area contributed by atoms with E-state index in [0.717, 1.165) is 6.42 Å². The maximum Gasteiger partial charge on any atom is 0.248 e. The van der Waals surface area contributed by atoms with Gasteiger partial charge in [-0.2, -0.15) is 0 Å². The lowest BCUT2D eigenvalue weighted by molar-refractivity contribution is -0.133. The summed E-state index contributed by atoms with van der Waals surface area (Å²) in [5, 5.41) is 5.97. The van der Waals surface area contributed by atoms with Crippen molar-refractivity contribution < 1.29 is 9.53 Å². The van der Waals surface area contributed by atoms with Crippen LogP contribution in [0.25, 0.3) is 11.2 Å². The van der Waals surface area contributed by atoms with Crippen molar-refractivity contribution in [3.05, 3.63) is 48.0 Å². The van der Waals surface area contributed by atoms with Crippen molar-refractivity contribution in [3.8, 4) is 0 Å². The molecular formula is C19H22N6O2. The van der Waals surface area contributed by atoms with Crippen molar-refractivity contribution in [2.45, 2.75) is 38.6 Å². The van der Waals surface area contributed by atoms with Gasteiger partial charge in [0.2, 0.25) is 5.91 Å². The van der Waals surface area contributed by atoms with Crippen LogP contribution in [0.3, 0.4) is 0 Å². The highest BCUT2D eigenvalue weighted by Gasteiger charge is 2.32. The highest BCUT2D eigenvalue weighted by atomic mass is 16.5. The predicted octanol–water partition coefficient (Wildman–Crippen LogP) is 2.17. The second-order valence-corrected chi connectivity index (χ2v) is 6.66. The van der Waals surface area contributed by atoms with Gasteiger partial charge in [0.05, 0.1) is 6.33 Å². The average Bonchev–Trinajstić information content (AvgIpc) is 3.33. The van der Waals surface area contributed by atoms with Crippen molar-refractivity contribution in [2.24, 2.45) is 0 Å². The van der Waals surface area contributed by atoms with Crippen LogP contribution in [0.1, 0.15) is 30.2 Å². The molecule has 2 N–H and O–H groups in total. The number of aromatic nitrogens is 4. The van der Waals surface area contributed by atoms with E-state index in [4.69, 9.17) is 4.74 Å². The molecule has 1 aromatic carbocycles. The number of carbonyl (C=O) groups is 1. The Morgan fingerprint density at radius 3 is 3.00 bits per heavy atom. The number of benzene rings is 1. The lowest BCUT2D eigenvalue weighted by Crippen LogP contribution is -2.31. The molecule has 0 radical (unpaired) electrons. The number of hydrogen-bond donors (Lipinski definition) is 2. The van der Waals surface area contributed by atoms with Gasteiger partial charge in [0.15, 0.2) is 17.0 Å². The molecular weight excluding hydrogens is 344 g/mol. The number of anilines is 1. The maximum absolute atomic E-state index is 11.8. The Balaban J connectivity index is 1.54. The molecule has 4 rings (SSSR count). The van der Waals surface area contributed by atoms with Crippen LogP contribution in [-0.4, -0.2) is 38.6 Å². The van der Waals surface area contributed by atoms with Gasteiger partial charge in [-0.3, -0.25) is 9.36 Å². The van der Waals surface area contributed by atoms with Crippen molar-refractivity contribution >= 4 is 22.9 Å². The third kappa shape index (κ3) is 3.48. The van der Waals surface area contributed by atoms with E-state index in [1.165, 1.54) is 17.5 Å². The number of amides is 1. The number of rotatable bonds is 5. The number of carbonyl (C=O) groups excluding carboxylic acids is 1. The number of imidazole rings is 1. The van der Waals surface area contributed by atoms with Crippen molar-refractivity contribution in [1.82, 2.24) is 24.8 Å². The summed E-state index contributed by atoms with van der Waals surface area (Å²) in [5.41, 5.74) is 3.78. The number of aryl methyl sites for hydroxylation is 1. The topological polar surface area (TPSA) is 94.0 Å². The lowest BCUT2D eigenvalue weighted by Gasteiger charge is -2.14. The minimum absolute atomic E-state index is 0.0999. The fourth-order valence-corrected chi connectivity index (χ4v) is 3.38. The first-order valence-corrected chi connectivity index (χ1v) is 8.99. The second kappa shape index (κ2) is 7.32. The van der Waals surface area contributed by atoms with Crippen LogP contribution in [0.2, 0.25) is 0 Å². The van der Waals surface area contributed by atoms with Crippen LogP contribution in [0, 0.1) is 6.92 Å². The molecule has 0 saturated carbocycles. The first-order chi connectivity index (χ1) is 13.2. The Hall–Kier alpha value is -3.00. The van der Waals surface area contributed by atoms with Gasteiger partial charge in [0.25, 0.3) is 0 Å². The largest absolute Gasteiger partial charge is 0.364 e. The van der Waals surface area contributed by atoms with Gasteiger partial charge in [0.1, 0.15) is 18.7 Å². The van der Waals surface area contributed by atoms with Gasteiger partial charge in [-0.05, 0) is 25.3 Å². The molecule has 3 heterocycles. The summed E-state index contributed by atoms with van der Waals surface area (Å²) in [6.45, 7) is 2.72. The Morgan fingerprint density at radius 2 is 2.19 bits per heavy atom. The molecule has 1 saturated heterocycles. The summed E-state index contributed by atoms with van der Waals surface area (Å²) in [6, 6.07) is 8.32. The summed E-state index contributed by atoms with van der Waals surface area (Å²) in [6.07, 6.45) is 3.95. The van der Waals surface area contributed by atoms with Crippen LogP contribution < -0.4 is 10.6 Å². The van der Waals surface area contributed by atoms with Gasteiger partial charge in [-0.1, -0.05) is 29.8 Å². The minimum atomic E-state index is -0.432. The van der Waals surface area contributed by atoms with Gasteiger partial charge in [0, 0.05) is 13.6 Å². The number of nitrogens with zero attached hydrogens (tertiary/aromatic N) is 4. The predicted molar refractivity (Wildman–Crippen MR) is 101 cm³/mol. The normalized spacial score (nSPS) is 19.3. The molecule has 0 aliphatic carbocycles. The van der Waals surface area contributed by atoms with Crippen LogP contribution >= 0.6 is 0 Å². The molecule has 1 amide bonds. The molecule has 0 spiro atoms. The van der Waals surface area contributed by atoms with E-state index in [0.29, 0.717) is 29.9 Å². The summed E-state index contributed by atoms with van der Waals surface area (Å²) in [4.78, 5) is 25.0. The van der Waals surface area contributed by atoms with E-state index in [-0.39, 0.29) is 12.1 Å². The first kappa shape index (κ1) is 17.4. The van der Waals surface area contributed by atoms with E-state index in [2.05, 4.69) is 50.7 Å². The molecule has 2 atom stereocenters. The number of fused-ring (bicyclic) bond motifs is 1. The van der Waals surface area contributed by atoms with Gasteiger partial charge in [-0.15, -0.1) is 0 Å². The van der Waals surface area contributed by atoms with E-state index in [1.807, 2.05) is 10.6 Å². The van der Waals surface area contributed by atoms with E-state index in [1.54, 1.807) is 13.4 Å². The molecule has 8 nitrogen and oxygen atoms in total. The summed E-state index contributed by atoms with van der Waals surface area (Å²) in [7, 11) is 1.62. The Morgan fingerprint density at radius 1 is 1.30 bits per heavy atom. The smallest absolute Gasteiger partial charge is 0.248 e. The molecule has 1 aliphatic heterocycles. The van der Waals surface area contributed by atoms with Gasteiger partial charge >= 0.3 is 0 Å². The lowest BCUT2D eigenvalue weighted by atomic mass is 10.1.